The number of aliphatic carboxylic acids is 1. The van der Waals surface area contributed by atoms with Gasteiger partial charge in [-0.3, -0.25) is 18.0 Å². The maximum atomic E-state index is 12.3. The third kappa shape index (κ3) is 8.77. The highest BCUT2D eigenvalue weighted by molar-refractivity contribution is 7.63. The maximum absolute atomic E-state index is 12.3. The monoisotopic (exact) mass is 334 g/mol. The van der Waals surface area contributed by atoms with Crippen molar-refractivity contribution in [2.24, 2.45) is 5.92 Å². The van der Waals surface area contributed by atoms with Gasteiger partial charge >= 0.3 is 13.6 Å². The average molecular weight is 334 g/mol. The molecule has 0 saturated carbocycles. The molecule has 112 valence electrons. The molecule has 1 N–H and O–H groups in total. The fourth-order valence-corrected chi connectivity index (χ4v) is 4.58. The predicted octanol–water partition coefficient (Wildman–Crippen LogP) is 2.20. The predicted molar refractivity (Wildman–Crippen MR) is 71.7 cm³/mol. The fraction of sp³-hybridized carbons (Fsp3) is 0.750. The van der Waals surface area contributed by atoms with E-state index in [1.54, 1.807) is 0 Å². The molecule has 0 aromatic heterocycles. The minimum Gasteiger partial charge on any atom is -0.481 e. The second-order valence-corrected chi connectivity index (χ2v) is 7.53. The summed E-state index contributed by atoms with van der Waals surface area (Å²) in [7, 11) is -1.98. The van der Waals surface area contributed by atoms with Crippen molar-refractivity contribution >= 4 is 37.9 Å². The van der Waals surface area contributed by atoms with Gasteiger partial charge in [0.1, 0.15) is 6.29 Å². The lowest BCUT2D eigenvalue weighted by atomic mass is 10.1. The molecule has 0 aromatic rings. The summed E-state index contributed by atoms with van der Waals surface area (Å²) < 4.78 is 31.5. The summed E-state index contributed by atoms with van der Waals surface area (Å²) in [5.41, 5.74) is 0. The number of aldehydes is 1. The van der Waals surface area contributed by atoms with E-state index in [0.29, 0.717) is 6.29 Å². The first-order valence-electron chi connectivity index (χ1n) is 5.17. The summed E-state index contributed by atoms with van der Waals surface area (Å²) >= 11 is 0. The number of carbonyl (C=O) groups excluding carboxylic acids is 1. The van der Waals surface area contributed by atoms with Crippen molar-refractivity contribution in [3.8, 4) is 0 Å². The number of hydrogen-bond acceptors (Lipinski definition) is 7. The van der Waals surface area contributed by atoms with Crippen LogP contribution in [0.5, 0.6) is 0 Å². The van der Waals surface area contributed by atoms with Gasteiger partial charge in [0.15, 0.2) is 18.1 Å². The lowest BCUT2D eigenvalue weighted by Crippen LogP contribution is -2.18. The summed E-state index contributed by atoms with van der Waals surface area (Å²) in [6.45, 7) is 0. The third-order valence-corrected chi connectivity index (χ3v) is 5.99. The molecule has 0 rings (SSSR count). The van der Waals surface area contributed by atoms with E-state index in [9.17, 15) is 14.2 Å². The van der Waals surface area contributed by atoms with E-state index in [0.717, 1.165) is 0 Å². The van der Waals surface area contributed by atoms with Crippen LogP contribution in [0.3, 0.4) is 0 Å². The summed E-state index contributed by atoms with van der Waals surface area (Å²) in [6, 6.07) is 0. The van der Waals surface area contributed by atoms with E-state index in [1.165, 1.54) is 14.2 Å². The second-order valence-electron chi connectivity index (χ2n) is 3.33. The highest BCUT2D eigenvalue weighted by Crippen LogP contribution is 2.59. The van der Waals surface area contributed by atoms with Crippen LogP contribution in [0.15, 0.2) is 0 Å². The summed E-state index contributed by atoms with van der Waals surface area (Å²) in [6.07, 6.45) is 0.414. The van der Waals surface area contributed by atoms with E-state index < -0.39 is 37.6 Å². The van der Waals surface area contributed by atoms with Crippen LogP contribution >= 0.6 is 25.7 Å². The molecule has 19 heavy (non-hydrogen) atoms. The minimum absolute atomic E-state index is 0.0656. The molecule has 3 unspecified atom stereocenters. The largest absolute Gasteiger partial charge is 0.481 e. The summed E-state index contributed by atoms with van der Waals surface area (Å²) in [5, 5.41) is 9.01. The Balaban J connectivity index is 4.67. The molecule has 0 bridgehead atoms. The third-order valence-electron chi connectivity index (χ3n) is 1.95. The SMILES string of the molecule is COPOP(=O)(CC(CCC=O)C(=O)O)OPOC. The quantitative estimate of drug-likeness (QED) is 0.427. The number of carboxylic acid groups (broad SMARTS) is 1. The highest BCUT2D eigenvalue weighted by Gasteiger charge is 2.33. The van der Waals surface area contributed by atoms with Gasteiger partial charge in [-0.2, -0.15) is 0 Å². The second kappa shape index (κ2) is 10.8. The van der Waals surface area contributed by atoms with Gasteiger partial charge in [-0.15, -0.1) is 0 Å². The van der Waals surface area contributed by atoms with Crippen LogP contribution in [0.1, 0.15) is 12.8 Å². The molecule has 0 spiro atoms. The van der Waals surface area contributed by atoms with Gasteiger partial charge < -0.3 is 18.9 Å². The van der Waals surface area contributed by atoms with Crippen LogP contribution in [0.4, 0.5) is 0 Å². The number of carboxylic acids is 1. The first-order chi connectivity index (χ1) is 8.99. The van der Waals surface area contributed by atoms with Gasteiger partial charge in [0.25, 0.3) is 0 Å². The molecule has 3 atom stereocenters. The molecule has 0 aliphatic rings. The van der Waals surface area contributed by atoms with Crippen molar-refractivity contribution in [3.05, 3.63) is 0 Å². The molecule has 8 nitrogen and oxygen atoms in total. The zero-order valence-electron chi connectivity index (χ0n) is 10.5. The van der Waals surface area contributed by atoms with E-state index in [-0.39, 0.29) is 19.0 Å². The van der Waals surface area contributed by atoms with Crippen LogP contribution in [-0.2, 0) is 31.8 Å². The molecule has 0 aliphatic carbocycles. The van der Waals surface area contributed by atoms with Gasteiger partial charge in [-0.25, -0.2) is 0 Å². The Morgan fingerprint density at radius 2 is 1.84 bits per heavy atom. The zero-order valence-corrected chi connectivity index (χ0v) is 13.4. The maximum Gasteiger partial charge on any atom is 0.341 e. The van der Waals surface area contributed by atoms with E-state index in [1.807, 2.05) is 0 Å². The summed E-state index contributed by atoms with van der Waals surface area (Å²) in [4.78, 5) is 21.3. The van der Waals surface area contributed by atoms with Gasteiger partial charge in [0, 0.05) is 20.6 Å². The van der Waals surface area contributed by atoms with Crippen LogP contribution < -0.4 is 0 Å². The average Bonchev–Trinajstić information content (AvgIpc) is 2.39. The van der Waals surface area contributed by atoms with Crippen molar-refractivity contribution in [3.63, 3.8) is 0 Å². The number of carbonyl (C=O) groups is 2. The lowest BCUT2D eigenvalue weighted by Gasteiger charge is -2.19. The van der Waals surface area contributed by atoms with Crippen molar-refractivity contribution in [1.82, 2.24) is 0 Å². The smallest absolute Gasteiger partial charge is 0.341 e. The molecule has 0 amide bonds. The Bertz CT molecular complexity index is 311. The molecule has 0 radical (unpaired) electrons. The molecule has 0 saturated heterocycles. The fourth-order valence-electron chi connectivity index (χ4n) is 1.11. The van der Waals surface area contributed by atoms with E-state index in [2.05, 4.69) is 9.05 Å². The first-order valence-corrected chi connectivity index (χ1v) is 8.53. The molecular formula is C8H17O8P3. The van der Waals surface area contributed by atoms with Crippen molar-refractivity contribution in [1.29, 1.82) is 0 Å². The minimum atomic E-state index is -3.62. The Kier molecular flexibility index (Phi) is 10.8. The van der Waals surface area contributed by atoms with E-state index in [4.69, 9.17) is 13.7 Å². The van der Waals surface area contributed by atoms with E-state index >= 15 is 0 Å². The number of hydrogen-bond donors (Lipinski definition) is 1. The Morgan fingerprint density at radius 3 is 2.21 bits per heavy atom. The Hall–Kier alpha value is 0.0700. The Morgan fingerprint density at radius 1 is 1.32 bits per heavy atom. The van der Waals surface area contributed by atoms with Gasteiger partial charge in [-0.1, -0.05) is 0 Å². The van der Waals surface area contributed by atoms with Crippen LogP contribution in [0.25, 0.3) is 0 Å². The summed E-state index contributed by atoms with van der Waals surface area (Å²) in [5.74, 6) is -2.14. The number of rotatable bonds is 12. The van der Waals surface area contributed by atoms with Gasteiger partial charge in [-0.05, 0) is 6.42 Å². The molecular weight excluding hydrogens is 317 g/mol. The molecule has 11 heteroatoms. The van der Waals surface area contributed by atoms with Crippen molar-refractivity contribution < 1.29 is 36.9 Å². The standard InChI is InChI=1S/C8H17O8P3/c1-13-17-15-19(12,16-18-14-2)6-7(8(10)11)4-3-5-9/h5,7,17-18H,3-4,6H2,1-2H3,(H,10,11). The van der Waals surface area contributed by atoms with Crippen molar-refractivity contribution in [2.75, 3.05) is 20.4 Å². The van der Waals surface area contributed by atoms with Crippen LogP contribution in [-0.4, -0.2) is 37.7 Å². The topological polar surface area (TPSA) is 108 Å². The van der Waals surface area contributed by atoms with Crippen molar-refractivity contribution in [2.45, 2.75) is 12.8 Å². The normalized spacial score (nSPS) is 16.9. The first kappa shape index (κ1) is 19.1. The molecule has 0 heterocycles. The molecule has 0 fully saturated rings. The highest BCUT2D eigenvalue weighted by atomic mass is 31.3. The molecule has 0 aliphatic heterocycles. The van der Waals surface area contributed by atoms with Gasteiger partial charge in [0.2, 0.25) is 0 Å². The van der Waals surface area contributed by atoms with Crippen LogP contribution in [0, 0.1) is 5.92 Å². The molecule has 0 aromatic carbocycles. The lowest BCUT2D eigenvalue weighted by molar-refractivity contribution is -0.141. The zero-order chi connectivity index (χ0) is 14.7. The Labute approximate surface area is 115 Å². The van der Waals surface area contributed by atoms with Crippen LogP contribution in [0.2, 0.25) is 0 Å². The van der Waals surface area contributed by atoms with Gasteiger partial charge in [0.05, 0.1) is 12.1 Å².